The average Bonchev–Trinajstić information content (AvgIpc) is 2.72. The van der Waals surface area contributed by atoms with E-state index in [1.165, 1.54) is 10.4 Å². The van der Waals surface area contributed by atoms with E-state index >= 15 is 0 Å². The molecule has 1 aliphatic rings. The van der Waals surface area contributed by atoms with Crippen LogP contribution < -0.4 is 10.6 Å². The van der Waals surface area contributed by atoms with Crippen LogP contribution in [-0.2, 0) is 11.2 Å². The van der Waals surface area contributed by atoms with Crippen molar-refractivity contribution >= 4 is 11.3 Å². The van der Waals surface area contributed by atoms with Crippen LogP contribution >= 0.6 is 11.3 Å². The zero-order valence-electron chi connectivity index (χ0n) is 9.79. The lowest BCUT2D eigenvalue weighted by Gasteiger charge is -2.23. The van der Waals surface area contributed by atoms with E-state index in [1.807, 2.05) is 11.3 Å². The highest BCUT2D eigenvalue weighted by Gasteiger charge is 2.12. The summed E-state index contributed by atoms with van der Waals surface area (Å²) in [5.74, 6) is 0. The maximum absolute atomic E-state index is 5.62. The molecule has 0 radical (unpaired) electrons. The summed E-state index contributed by atoms with van der Waals surface area (Å²) in [6.45, 7) is 6.99. The highest BCUT2D eigenvalue weighted by molar-refractivity contribution is 7.10. The maximum Gasteiger partial charge on any atom is 0.0824 e. The van der Waals surface area contributed by atoms with Crippen LogP contribution in [0.25, 0.3) is 0 Å². The van der Waals surface area contributed by atoms with E-state index in [0.717, 1.165) is 39.2 Å². The number of aryl methyl sites for hydroxylation is 1. The lowest BCUT2D eigenvalue weighted by Crippen LogP contribution is -2.44. The van der Waals surface area contributed by atoms with Crippen molar-refractivity contribution in [2.45, 2.75) is 19.4 Å². The van der Waals surface area contributed by atoms with Crippen molar-refractivity contribution in [3.63, 3.8) is 0 Å². The van der Waals surface area contributed by atoms with Gasteiger partial charge in [-0.2, -0.15) is 0 Å². The van der Waals surface area contributed by atoms with E-state index in [1.54, 1.807) is 0 Å². The number of hydrogen-bond donors (Lipinski definition) is 2. The zero-order chi connectivity index (χ0) is 11.2. The normalized spacial score (nSPS) is 21.2. The van der Waals surface area contributed by atoms with E-state index in [9.17, 15) is 0 Å². The monoisotopic (exact) mass is 240 g/mol. The van der Waals surface area contributed by atoms with Gasteiger partial charge in [0.15, 0.2) is 0 Å². The molecule has 2 rings (SSSR count). The number of thiophene rings is 1. The van der Waals surface area contributed by atoms with E-state index < -0.39 is 0 Å². The average molecular weight is 240 g/mol. The predicted molar refractivity (Wildman–Crippen MR) is 68.2 cm³/mol. The first-order chi connectivity index (χ1) is 7.86. The van der Waals surface area contributed by atoms with E-state index in [-0.39, 0.29) is 0 Å². The third-order valence-corrected chi connectivity index (χ3v) is 3.96. The van der Waals surface area contributed by atoms with Gasteiger partial charge in [0.2, 0.25) is 0 Å². The molecule has 1 unspecified atom stereocenters. The van der Waals surface area contributed by atoms with Crippen molar-refractivity contribution in [2.24, 2.45) is 0 Å². The van der Waals surface area contributed by atoms with Crippen molar-refractivity contribution < 1.29 is 4.74 Å². The minimum atomic E-state index is 0.346. The number of ether oxygens (including phenoxy) is 1. The van der Waals surface area contributed by atoms with Gasteiger partial charge in [0.25, 0.3) is 0 Å². The molecular formula is C12H20N2OS. The molecule has 2 heterocycles. The van der Waals surface area contributed by atoms with E-state index in [0.29, 0.717) is 6.10 Å². The molecule has 4 heteroatoms. The third kappa shape index (κ3) is 3.56. The maximum atomic E-state index is 5.62. The highest BCUT2D eigenvalue weighted by Crippen LogP contribution is 2.15. The Bertz CT molecular complexity index is 308. The van der Waals surface area contributed by atoms with Gasteiger partial charge in [-0.05, 0) is 30.4 Å². The Kier molecular flexibility index (Phi) is 4.78. The molecule has 1 saturated heterocycles. The summed E-state index contributed by atoms with van der Waals surface area (Å²) in [4.78, 5) is 1.50. The topological polar surface area (TPSA) is 33.3 Å². The molecule has 0 aliphatic carbocycles. The highest BCUT2D eigenvalue weighted by atomic mass is 32.1. The van der Waals surface area contributed by atoms with Crippen molar-refractivity contribution in [2.75, 3.05) is 32.8 Å². The van der Waals surface area contributed by atoms with Gasteiger partial charge in [0.1, 0.15) is 0 Å². The molecule has 1 atom stereocenters. The summed E-state index contributed by atoms with van der Waals surface area (Å²) in [5.41, 5.74) is 1.42. The van der Waals surface area contributed by atoms with Crippen LogP contribution in [0.5, 0.6) is 0 Å². The Morgan fingerprint density at radius 3 is 3.25 bits per heavy atom. The van der Waals surface area contributed by atoms with Gasteiger partial charge in [0.05, 0.1) is 12.7 Å². The first kappa shape index (κ1) is 12.0. The van der Waals surface area contributed by atoms with Crippen LogP contribution in [-0.4, -0.2) is 38.9 Å². The van der Waals surface area contributed by atoms with Gasteiger partial charge in [-0.15, -0.1) is 11.3 Å². The van der Waals surface area contributed by atoms with Gasteiger partial charge in [0, 0.05) is 31.1 Å². The second-order valence-corrected chi connectivity index (χ2v) is 5.18. The Morgan fingerprint density at radius 1 is 1.62 bits per heavy atom. The summed E-state index contributed by atoms with van der Waals surface area (Å²) in [6.07, 6.45) is 1.47. The van der Waals surface area contributed by atoms with Crippen LogP contribution in [0.2, 0.25) is 0 Å². The third-order valence-electron chi connectivity index (χ3n) is 2.87. The fourth-order valence-corrected chi connectivity index (χ4v) is 2.79. The second kappa shape index (κ2) is 6.35. The van der Waals surface area contributed by atoms with Crippen LogP contribution in [0.3, 0.4) is 0 Å². The van der Waals surface area contributed by atoms with Gasteiger partial charge < -0.3 is 15.4 Å². The summed E-state index contributed by atoms with van der Waals surface area (Å²) in [6, 6.07) is 2.19. The number of morpholine rings is 1. The molecule has 16 heavy (non-hydrogen) atoms. The molecule has 3 nitrogen and oxygen atoms in total. The van der Waals surface area contributed by atoms with Crippen molar-refractivity contribution in [3.05, 3.63) is 21.9 Å². The molecular weight excluding hydrogens is 220 g/mol. The number of rotatable bonds is 5. The molecule has 90 valence electrons. The Morgan fingerprint density at radius 2 is 2.56 bits per heavy atom. The van der Waals surface area contributed by atoms with Gasteiger partial charge in [-0.1, -0.05) is 0 Å². The number of nitrogens with one attached hydrogen (secondary N) is 2. The largest absolute Gasteiger partial charge is 0.374 e. The van der Waals surface area contributed by atoms with E-state index in [4.69, 9.17) is 4.74 Å². The summed E-state index contributed by atoms with van der Waals surface area (Å²) in [7, 11) is 0. The van der Waals surface area contributed by atoms with Gasteiger partial charge >= 0.3 is 0 Å². The first-order valence-corrected chi connectivity index (χ1v) is 6.80. The van der Waals surface area contributed by atoms with Gasteiger partial charge in [-0.25, -0.2) is 0 Å². The number of hydrogen-bond acceptors (Lipinski definition) is 4. The molecule has 0 spiro atoms. The van der Waals surface area contributed by atoms with Crippen LogP contribution in [0.1, 0.15) is 10.4 Å². The minimum absolute atomic E-state index is 0.346. The van der Waals surface area contributed by atoms with Crippen molar-refractivity contribution in [3.8, 4) is 0 Å². The molecule has 0 bridgehead atoms. The fraction of sp³-hybridized carbons (Fsp3) is 0.667. The minimum Gasteiger partial charge on any atom is -0.374 e. The van der Waals surface area contributed by atoms with Crippen LogP contribution in [0.4, 0.5) is 0 Å². The Balaban J connectivity index is 1.59. The predicted octanol–water partition coefficient (Wildman–Crippen LogP) is 1.18. The van der Waals surface area contributed by atoms with Crippen molar-refractivity contribution in [1.82, 2.24) is 10.6 Å². The molecule has 1 fully saturated rings. The SMILES string of the molecule is Cc1ccsc1CCNCC1CNCCO1. The summed E-state index contributed by atoms with van der Waals surface area (Å²) in [5, 5.41) is 8.96. The quantitative estimate of drug-likeness (QED) is 0.758. The van der Waals surface area contributed by atoms with E-state index in [2.05, 4.69) is 29.0 Å². The summed E-state index contributed by atoms with van der Waals surface area (Å²) >= 11 is 1.85. The lowest BCUT2D eigenvalue weighted by atomic mass is 10.2. The standard InChI is InChI=1S/C12H20N2OS/c1-10-3-7-16-12(10)2-4-13-8-11-9-14-5-6-15-11/h3,7,11,13-14H,2,4-6,8-9H2,1H3. The summed E-state index contributed by atoms with van der Waals surface area (Å²) < 4.78 is 5.62. The van der Waals surface area contributed by atoms with Crippen molar-refractivity contribution in [1.29, 1.82) is 0 Å². The molecule has 0 aromatic carbocycles. The lowest BCUT2D eigenvalue weighted by molar-refractivity contribution is 0.0294. The molecule has 1 aromatic rings. The Labute approximate surface area is 101 Å². The first-order valence-electron chi connectivity index (χ1n) is 5.92. The van der Waals surface area contributed by atoms with Crippen LogP contribution in [0, 0.1) is 6.92 Å². The zero-order valence-corrected chi connectivity index (χ0v) is 10.6. The fourth-order valence-electron chi connectivity index (χ4n) is 1.88. The smallest absolute Gasteiger partial charge is 0.0824 e. The second-order valence-electron chi connectivity index (χ2n) is 4.18. The van der Waals surface area contributed by atoms with Crippen LogP contribution in [0.15, 0.2) is 11.4 Å². The molecule has 1 aliphatic heterocycles. The van der Waals surface area contributed by atoms with Gasteiger partial charge in [-0.3, -0.25) is 0 Å². The molecule has 2 N–H and O–H groups in total. The molecule has 0 amide bonds. The molecule has 0 saturated carbocycles. The Hall–Kier alpha value is -0.420. The molecule has 1 aromatic heterocycles.